The summed E-state index contributed by atoms with van der Waals surface area (Å²) in [7, 11) is 4.31. The van der Waals surface area contributed by atoms with Crippen LogP contribution in [0.3, 0.4) is 0 Å². The molecule has 1 fully saturated rings. The molecule has 4 rings (SSSR count). The van der Waals surface area contributed by atoms with Crippen molar-refractivity contribution < 1.29 is 4.79 Å². The molecule has 2 aromatic heterocycles. The van der Waals surface area contributed by atoms with Crippen LogP contribution in [0.2, 0.25) is 0 Å². The fraction of sp³-hybridized carbons (Fsp3) is 0.409. The number of hydrogen-bond acceptors (Lipinski definition) is 5. The zero-order valence-electron chi connectivity index (χ0n) is 17.1. The summed E-state index contributed by atoms with van der Waals surface area (Å²) in [5, 5.41) is 7.26. The molecule has 0 aliphatic carbocycles. The maximum absolute atomic E-state index is 12.3. The van der Waals surface area contributed by atoms with Crippen molar-refractivity contribution in [3.63, 3.8) is 0 Å². The van der Waals surface area contributed by atoms with Gasteiger partial charge in [0.05, 0.1) is 11.9 Å². The van der Waals surface area contributed by atoms with Gasteiger partial charge in [0, 0.05) is 19.5 Å². The van der Waals surface area contributed by atoms with E-state index in [9.17, 15) is 4.79 Å². The molecule has 0 unspecified atom stereocenters. The Bertz CT molecular complexity index is 962. The summed E-state index contributed by atoms with van der Waals surface area (Å²) in [6, 6.07) is 14.6. The average Bonchev–Trinajstić information content (AvgIpc) is 3.14. The van der Waals surface area contributed by atoms with E-state index in [0.29, 0.717) is 24.8 Å². The van der Waals surface area contributed by atoms with E-state index in [-0.39, 0.29) is 5.91 Å². The van der Waals surface area contributed by atoms with E-state index in [2.05, 4.69) is 45.4 Å². The number of nitrogens with zero attached hydrogens (tertiary/aromatic N) is 5. The summed E-state index contributed by atoms with van der Waals surface area (Å²) in [5.74, 6) is 0.274. The number of aryl methyl sites for hydroxylation is 1. The summed E-state index contributed by atoms with van der Waals surface area (Å²) in [6.07, 6.45) is 5.41. The number of hydrogen-bond donors (Lipinski definition) is 1. The third kappa shape index (κ3) is 4.74. The highest BCUT2D eigenvalue weighted by molar-refractivity contribution is 5.89. The summed E-state index contributed by atoms with van der Waals surface area (Å²) in [5.41, 5.74) is 2.98. The van der Waals surface area contributed by atoms with Crippen LogP contribution in [-0.2, 0) is 11.2 Å². The first-order valence-electron chi connectivity index (χ1n) is 10.2. The van der Waals surface area contributed by atoms with E-state index in [4.69, 9.17) is 0 Å². The van der Waals surface area contributed by atoms with Gasteiger partial charge in [-0.2, -0.15) is 4.98 Å². The van der Waals surface area contributed by atoms with Gasteiger partial charge >= 0.3 is 0 Å². The molecule has 0 spiro atoms. The van der Waals surface area contributed by atoms with Crippen molar-refractivity contribution in [2.24, 2.45) is 0 Å². The van der Waals surface area contributed by atoms with Crippen molar-refractivity contribution in [1.82, 2.24) is 19.5 Å². The van der Waals surface area contributed by atoms with Gasteiger partial charge in [0.1, 0.15) is 0 Å². The minimum absolute atomic E-state index is 0.0755. The van der Waals surface area contributed by atoms with Gasteiger partial charge in [0.2, 0.25) is 11.9 Å². The van der Waals surface area contributed by atoms with Crippen LogP contribution < -0.4 is 10.2 Å². The normalized spacial score (nSPS) is 15.5. The Hall–Kier alpha value is -2.93. The number of nitrogens with one attached hydrogen (secondary N) is 1. The Labute approximate surface area is 171 Å². The Morgan fingerprint density at radius 1 is 1.17 bits per heavy atom. The summed E-state index contributed by atoms with van der Waals surface area (Å²) in [6.45, 7) is 2.25. The molecule has 0 atom stereocenters. The largest absolute Gasteiger partial charge is 0.370 e. The molecule has 3 heterocycles. The second kappa shape index (κ2) is 8.61. The van der Waals surface area contributed by atoms with Gasteiger partial charge in [-0.05, 0) is 57.1 Å². The number of benzene rings is 1. The van der Waals surface area contributed by atoms with Crippen molar-refractivity contribution in [3.05, 3.63) is 54.2 Å². The molecule has 0 radical (unpaired) electrons. The van der Waals surface area contributed by atoms with Gasteiger partial charge in [0.15, 0.2) is 5.65 Å². The van der Waals surface area contributed by atoms with Crippen molar-refractivity contribution in [2.45, 2.75) is 31.7 Å². The first-order chi connectivity index (χ1) is 14.1. The van der Waals surface area contributed by atoms with Gasteiger partial charge < -0.3 is 9.80 Å². The van der Waals surface area contributed by atoms with Crippen LogP contribution in [0.1, 0.15) is 24.8 Å². The minimum atomic E-state index is -0.0755. The van der Waals surface area contributed by atoms with Crippen molar-refractivity contribution in [3.8, 4) is 0 Å². The van der Waals surface area contributed by atoms with Gasteiger partial charge in [-0.3, -0.25) is 10.1 Å². The second-order valence-electron chi connectivity index (χ2n) is 7.80. The predicted molar refractivity (Wildman–Crippen MR) is 115 cm³/mol. The lowest BCUT2D eigenvalue weighted by Crippen LogP contribution is -2.42. The van der Waals surface area contributed by atoms with Gasteiger partial charge in [0.25, 0.3) is 0 Å². The van der Waals surface area contributed by atoms with E-state index in [1.54, 1.807) is 4.52 Å². The SMILES string of the molecule is CN1CCC(N(C)c2ccc3nc(NC(=O)CCc4ccccc4)nn3c2)CC1. The number of piperidine rings is 1. The highest BCUT2D eigenvalue weighted by Crippen LogP contribution is 2.22. The van der Waals surface area contributed by atoms with Gasteiger partial charge in [-0.25, -0.2) is 4.52 Å². The first kappa shape index (κ1) is 19.4. The van der Waals surface area contributed by atoms with E-state index in [1.807, 2.05) is 42.6 Å². The lowest BCUT2D eigenvalue weighted by atomic mass is 10.0. The van der Waals surface area contributed by atoms with Crippen molar-refractivity contribution in [1.29, 1.82) is 0 Å². The number of fused-ring (bicyclic) bond motifs is 1. The Balaban J connectivity index is 1.39. The molecule has 0 bridgehead atoms. The highest BCUT2D eigenvalue weighted by Gasteiger charge is 2.21. The molecule has 152 valence electrons. The molecule has 7 nitrogen and oxygen atoms in total. The van der Waals surface area contributed by atoms with E-state index in [1.165, 1.54) is 0 Å². The number of rotatable bonds is 6. The quantitative estimate of drug-likeness (QED) is 0.699. The molecular formula is C22H28N6O. The molecule has 3 aromatic rings. The zero-order valence-corrected chi connectivity index (χ0v) is 17.1. The number of anilines is 2. The lowest BCUT2D eigenvalue weighted by Gasteiger charge is -2.36. The van der Waals surface area contributed by atoms with E-state index >= 15 is 0 Å². The fourth-order valence-corrected chi connectivity index (χ4v) is 3.82. The van der Waals surface area contributed by atoms with Crippen LogP contribution >= 0.6 is 0 Å². The molecule has 1 saturated heterocycles. The van der Waals surface area contributed by atoms with Crippen LogP contribution in [0.4, 0.5) is 11.6 Å². The summed E-state index contributed by atoms with van der Waals surface area (Å²) >= 11 is 0. The topological polar surface area (TPSA) is 65.8 Å². The Morgan fingerprint density at radius 2 is 1.93 bits per heavy atom. The molecule has 7 heteroatoms. The molecule has 0 saturated carbocycles. The van der Waals surface area contributed by atoms with Gasteiger partial charge in [-0.1, -0.05) is 30.3 Å². The lowest BCUT2D eigenvalue weighted by molar-refractivity contribution is -0.116. The molecule has 1 aliphatic heterocycles. The van der Waals surface area contributed by atoms with Crippen LogP contribution in [0.25, 0.3) is 5.65 Å². The maximum atomic E-state index is 12.3. The number of pyridine rings is 1. The van der Waals surface area contributed by atoms with Crippen molar-refractivity contribution >= 4 is 23.2 Å². The molecule has 1 N–H and O–H groups in total. The van der Waals surface area contributed by atoms with E-state index in [0.717, 1.165) is 42.8 Å². The van der Waals surface area contributed by atoms with Crippen LogP contribution in [0, 0.1) is 0 Å². The summed E-state index contributed by atoms with van der Waals surface area (Å²) < 4.78 is 1.74. The predicted octanol–water partition coefficient (Wildman–Crippen LogP) is 2.83. The third-order valence-electron chi connectivity index (χ3n) is 5.69. The minimum Gasteiger partial charge on any atom is -0.370 e. The molecule has 29 heavy (non-hydrogen) atoms. The second-order valence-corrected chi connectivity index (χ2v) is 7.80. The Kier molecular flexibility index (Phi) is 5.76. The zero-order chi connectivity index (χ0) is 20.2. The Morgan fingerprint density at radius 3 is 2.69 bits per heavy atom. The molecule has 1 amide bonds. The van der Waals surface area contributed by atoms with Crippen LogP contribution in [0.15, 0.2) is 48.7 Å². The van der Waals surface area contributed by atoms with Gasteiger partial charge in [-0.15, -0.1) is 5.10 Å². The molecule has 1 aromatic carbocycles. The maximum Gasteiger partial charge on any atom is 0.249 e. The summed E-state index contributed by atoms with van der Waals surface area (Å²) in [4.78, 5) is 21.4. The smallest absolute Gasteiger partial charge is 0.249 e. The molecule has 1 aliphatic rings. The monoisotopic (exact) mass is 392 g/mol. The third-order valence-corrected chi connectivity index (χ3v) is 5.69. The average molecular weight is 393 g/mol. The van der Waals surface area contributed by atoms with Crippen LogP contribution in [-0.4, -0.2) is 58.6 Å². The highest BCUT2D eigenvalue weighted by atomic mass is 16.1. The number of carbonyl (C=O) groups excluding carboxylic acids is 1. The standard InChI is InChI=1S/C22H28N6O/c1-26-14-12-18(13-15-26)27(2)19-9-10-20-23-22(25-28(20)16-19)24-21(29)11-8-17-6-4-3-5-7-17/h3-7,9-10,16,18H,8,11-15H2,1-2H3,(H,24,25,29). The number of carbonyl (C=O) groups is 1. The van der Waals surface area contributed by atoms with E-state index < -0.39 is 0 Å². The first-order valence-corrected chi connectivity index (χ1v) is 10.2. The van der Waals surface area contributed by atoms with Crippen LogP contribution in [0.5, 0.6) is 0 Å². The molecular weight excluding hydrogens is 364 g/mol. The fourth-order valence-electron chi connectivity index (χ4n) is 3.82. The number of amides is 1. The van der Waals surface area contributed by atoms with Crippen molar-refractivity contribution in [2.75, 3.05) is 37.4 Å². The number of likely N-dealkylation sites (tertiary alicyclic amines) is 1. The number of aromatic nitrogens is 3.